The number of likely N-dealkylation sites (tertiary alicyclic amines) is 1. The highest BCUT2D eigenvalue weighted by Gasteiger charge is 2.39. The number of urea groups is 1. The zero-order valence-electron chi connectivity index (χ0n) is 16.9. The van der Waals surface area contributed by atoms with Crippen molar-refractivity contribution in [2.75, 3.05) is 30.8 Å². The van der Waals surface area contributed by atoms with Gasteiger partial charge in [-0.05, 0) is 48.9 Å². The van der Waals surface area contributed by atoms with Crippen LogP contribution in [0.1, 0.15) is 17.5 Å². The van der Waals surface area contributed by atoms with Crippen molar-refractivity contribution >= 4 is 42.4 Å². The summed E-state index contributed by atoms with van der Waals surface area (Å²) in [5.74, 6) is -0.503. The number of carbonyl (C=O) groups excluding carboxylic acids is 3. The van der Waals surface area contributed by atoms with E-state index in [0.717, 1.165) is 19.5 Å². The number of hydrogen-bond donors (Lipinski definition) is 2. The van der Waals surface area contributed by atoms with Crippen molar-refractivity contribution in [3.05, 3.63) is 53.6 Å². The summed E-state index contributed by atoms with van der Waals surface area (Å²) < 4.78 is 0. The molecule has 2 heterocycles. The van der Waals surface area contributed by atoms with Crippen molar-refractivity contribution in [1.82, 2.24) is 9.80 Å². The van der Waals surface area contributed by atoms with Crippen LogP contribution in [-0.2, 0) is 22.6 Å². The molecule has 1 fully saturated rings. The minimum atomic E-state index is -0.839. The van der Waals surface area contributed by atoms with E-state index in [9.17, 15) is 14.4 Å². The van der Waals surface area contributed by atoms with Crippen LogP contribution in [0.2, 0.25) is 0 Å². The smallest absolute Gasteiger partial charge is 0.322 e. The predicted molar refractivity (Wildman–Crippen MR) is 116 cm³/mol. The van der Waals surface area contributed by atoms with Crippen LogP contribution in [0.15, 0.2) is 42.5 Å². The largest absolute Gasteiger partial charge is 0.324 e. The topological polar surface area (TPSA) is 81.8 Å². The molecule has 2 aromatic carbocycles. The maximum Gasteiger partial charge on any atom is 0.322 e. The van der Waals surface area contributed by atoms with Crippen molar-refractivity contribution in [2.24, 2.45) is 0 Å². The zero-order valence-corrected chi connectivity index (χ0v) is 16.9. The summed E-state index contributed by atoms with van der Waals surface area (Å²) in [7, 11) is 7.74. The minimum absolute atomic E-state index is 0.0106. The third-order valence-corrected chi connectivity index (χ3v) is 5.55. The normalized spacial score (nSPS) is 18.8. The number of benzene rings is 2. The van der Waals surface area contributed by atoms with Gasteiger partial charge in [0.05, 0.1) is 6.54 Å². The summed E-state index contributed by atoms with van der Waals surface area (Å²) in [5, 5.41) is 5.60. The number of hydrogen-bond acceptors (Lipinski definition) is 4. The summed E-state index contributed by atoms with van der Waals surface area (Å²) in [5.41, 5.74) is 4.28. The van der Waals surface area contributed by atoms with Gasteiger partial charge >= 0.3 is 6.03 Å². The van der Waals surface area contributed by atoms with Gasteiger partial charge in [0, 0.05) is 30.9 Å². The Morgan fingerprint density at radius 2 is 1.73 bits per heavy atom. The van der Waals surface area contributed by atoms with Crippen LogP contribution in [0, 0.1) is 0 Å². The number of Topliss-reactive ketones (excluding diaryl/α,β-unsaturated/α-hetero) is 1. The second kappa shape index (κ2) is 8.32. The van der Waals surface area contributed by atoms with Crippen molar-refractivity contribution in [3.63, 3.8) is 0 Å². The predicted octanol–water partition coefficient (Wildman–Crippen LogP) is 1.28. The van der Waals surface area contributed by atoms with E-state index in [1.165, 1.54) is 16.0 Å². The van der Waals surface area contributed by atoms with Crippen LogP contribution >= 0.6 is 0 Å². The van der Waals surface area contributed by atoms with Gasteiger partial charge in [0.25, 0.3) is 0 Å². The van der Waals surface area contributed by atoms with Crippen LogP contribution in [0.5, 0.6) is 0 Å². The molecule has 0 aliphatic carbocycles. The van der Waals surface area contributed by atoms with Gasteiger partial charge in [-0.1, -0.05) is 23.7 Å². The number of amides is 3. The van der Waals surface area contributed by atoms with Crippen molar-refractivity contribution in [2.45, 2.75) is 25.4 Å². The molecular weight excluding hydrogens is 379 g/mol. The highest BCUT2D eigenvalue weighted by Crippen LogP contribution is 2.23. The molecule has 8 heteroatoms. The van der Waals surface area contributed by atoms with Crippen LogP contribution in [0.3, 0.4) is 0 Å². The van der Waals surface area contributed by atoms with Crippen molar-refractivity contribution < 1.29 is 14.4 Å². The van der Waals surface area contributed by atoms with Gasteiger partial charge in [-0.15, -0.1) is 0 Å². The zero-order chi connectivity index (χ0) is 21.3. The quantitative estimate of drug-likeness (QED) is 0.759. The second-order valence-corrected chi connectivity index (χ2v) is 7.90. The molecule has 152 valence electrons. The molecule has 2 aromatic rings. The maximum atomic E-state index is 12.9. The second-order valence-electron chi connectivity index (χ2n) is 7.90. The fourth-order valence-corrected chi connectivity index (χ4v) is 3.90. The Hall–Kier alpha value is -3.13. The number of ketones is 1. The molecule has 0 spiro atoms. The van der Waals surface area contributed by atoms with Gasteiger partial charge < -0.3 is 20.4 Å². The van der Waals surface area contributed by atoms with Crippen molar-refractivity contribution in [3.8, 4) is 0 Å². The van der Waals surface area contributed by atoms with E-state index in [4.69, 9.17) is 7.85 Å². The number of nitrogens with zero attached hydrogens (tertiary/aromatic N) is 2. The molecular formula is C22H23BN4O3. The Balaban J connectivity index is 1.45. The minimum Gasteiger partial charge on any atom is -0.324 e. The van der Waals surface area contributed by atoms with E-state index in [-0.39, 0.29) is 24.7 Å². The molecule has 0 bridgehead atoms. The molecule has 30 heavy (non-hydrogen) atoms. The third kappa shape index (κ3) is 4.38. The number of fused-ring (bicyclic) bond motifs is 1. The maximum absolute atomic E-state index is 12.9. The Kier molecular flexibility index (Phi) is 5.59. The molecule has 3 amide bonds. The molecule has 0 unspecified atom stereocenters. The molecule has 2 aliphatic heterocycles. The SMILES string of the molecule is [B]c1ccc(NC(=O)N2CC(=O)C[C@@H]2C(=O)Nc2ccc3c(c2)CCN(C)C3)cc1. The summed E-state index contributed by atoms with van der Waals surface area (Å²) in [4.78, 5) is 41.1. The lowest BCUT2D eigenvalue weighted by atomic mass is 9.96. The van der Waals surface area contributed by atoms with Gasteiger partial charge in [0.15, 0.2) is 5.78 Å². The monoisotopic (exact) mass is 402 g/mol. The molecule has 4 rings (SSSR count). The number of likely N-dealkylation sites (N-methyl/N-ethyl adjacent to an activating group) is 1. The van der Waals surface area contributed by atoms with Gasteiger partial charge in [-0.2, -0.15) is 0 Å². The number of carbonyl (C=O) groups is 3. The summed E-state index contributed by atoms with van der Waals surface area (Å²) >= 11 is 0. The standard InChI is InChI=1S/C22H23BN4O3/c1-26-9-8-14-10-18(5-2-15(14)12-26)24-21(29)20-11-19(28)13-27(20)22(30)25-17-6-3-16(23)4-7-17/h2-7,10,20H,8-9,11-13H2,1H3,(H,24,29)(H,25,30)/t20-/m1/s1. The van der Waals surface area contributed by atoms with Gasteiger partial charge in [0.1, 0.15) is 13.9 Å². The third-order valence-electron chi connectivity index (χ3n) is 5.55. The summed E-state index contributed by atoms with van der Waals surface area (Å²) in [6.07, 6.45) is 0.935. The Bertz CT molecular complexity index is 992. The first kappa shape index (κ1) is 20.2. The Morgan fingerprint density at radius 1 is 1.00 bits per heavy atom. The first-order valence-electron chi connectivity index (χ1n) is 9.95. The van der Waals surface area contributed by atoms with Crippen LogP contribution in [0.4, 0.5) is 16.2 Å². The number of anilines is 2. The lowest BCUT2D eigenvalue weighted by molar-refractivity contribution is -0.121. The molecule has 0 aromatic heterocycles. The number of nitrogens with one attached hydrogen (secondary N) is 2. The van der Waals surface area contributed by atoms with Crippen LogP contribution < -0.4 is 16.1 Å². The van der Waals surface area contributed by atoms with E-state index in [1.807, 2.05) is 18.2 Å². The molecule has 2 radical (unpaired) electrons. The fraction of sp³-hybridized carbons (Fsp3) is 0.318. The van der Waals surface area contributed by atoms with Gasteiger partial charge in [0.2, 0.25) is 5.91 Å². The number of rotatable bonds is 3. The van der Waals surface area contributed by atoms with Gasteiger partial charge in [-0.25, -0.2) is 4.79 Å². The molecule has 1 saturated heterocycles. The van der Waals surface area contributed by atoms with E-state index >= 15 is 0 Å². The van der Waals surface area contributed by atoms with E-state index < -0.39 is 12.1 Å². The van der Waals surface area contributed by atoms with E-state index in [0.29, 0.717) is 16.8 Å². The average molecular weight is 402 g/mol. The molecule has 1 atom stereocenters. The highest BCUT2D eigenvalue weighted by molar-refractivity contribution is 6.32. The van der Waals surface area contributed by atoms with Gasteiger partial charge in [-0.3, -0.25) is 9.59 Å². The molecule has 2 aliphatic rings. The average Bonchev–Trinajstić information content (AvgIpc) is 3.12. The van der Waals surface area contributed by atoms with Crippen LogP contribution in [0.25, 0.3) is 0 Å². The highest BCUT2D eigenvalue weighted by atomic mass is 16.2. The first-order valence-corrected chi connectivity index (χ1v) is 9.95. The fourth-order valence-electron chi connectivity index (χ4n) is 3.90. The summed E-state index contributed by atoms with van der Waals surface area (Å²) in [6.45, 7) is 1.77. The molecule has 7 nitrogen and oxygen atoms in total. The van der Waals surface area contributed by atoms with Crippen LogP contribution in [-0.4, -0.2) is 61.5 Å². The molecule has 0 saturated carbocycles. The van der Waals surface area contributed by atoms with Crippen molar-refractivity contribution in [1.29, 1.82) is 0 Å². The Morgan fingerprint density at radius 3 is 2.50 bits per heavy atom. The van der Waals surface area contributed by atoms with E-state index in [1.54, 1.807) is 24.3 Å². The van der Waals surface area contributed by atoms with E-state index in [2.05, 4.69) is 22.6 Å². The lowest BCUT2D eigenvalue weighted by Gasteiger charge is -2.26. The first-order chi connectivity index (χ1) is 14.4. The Labute approximate surface area is 176 Å². The molecule has 2 N–H and O–H groups in total. The summed E-state index contributed by atoms with van der Waals surface area (Å²) in [6, 6.07) is 11.2. The lowest BCUT2D eigenvalue weighted by Crippen LogP contribution is -2.45.